The van der Waals surface area contributed by atoms with Crippen LogP contribution in [0.4, 0.5) is 0 Å². The summed E-state index contributed by atoms with van der Waals surface area (Å²) in [5.74, 6) is -0.00958. The van der Waals surface area contributed by atoms with E-state index in [-0.39, 0.29) is 11.4 Å². The maximum Gasteiger partial charge on any atom is 0.336 e. The third-order valence-electron chi connectivity index (χ3n) is 4.99. The number of hydrogen-bond donors (Lipinski definition) is 0. The summed E-state index contributed by atoms with van der Waals surface area (Å²) in [6.07, 6.45) is 3.72. The Morgan fingerprint density at radius 1 is 0.893 bits per heavy atom. The zero-order valence-corrected chi connectivity index (χ0v) is 15.8. The van der Waals surface area contributed by atoms with Gasteiger partial charge < -0.3 is 4.42 Å². The van der Waals surface area contributed by atoms with Gasteiger partial charge >= 0.3 is 5.63 Å². The molecule has 0 radical (unpaired) electrons. The molecular formula is C24H20NO3+. The third-order valence-corrected chi connectivity index (χ3v) is 4.99. The minimum absolute atomic E-state index is 0.00958. The van der Waals surface area contributed by atoms with E-state index in [4.69, 9.17) is 4.42 Å². The average molecular weight is 370 g/mol. The topological polar surface area (TPSA) is 51.2 Å². The second kappa shape index (κ2) is 7.24. The number of pyridine rings is 1. The van der Waals surface area contributed by atoms with Gasteiger partial charge in [-0.2, -0.15) is 0 Å². The highest BCUT2D eigenvalue weighted by Gasteiger charge is 2.14. The quantitative estimate of drug-likeness (QED) is 0.310. The second-order valence-corrected chi connectivity index (χ2v) is 6.98. The van der Waals surface area contributed by atoms with Gasteiger partial charge in [-0.25, -0.2) is 9.36 Å². The number of aryl methyl sites for hydroxylation is 2. The van der Waals surface area contributed by atoms with Gasteiger partial charge in [-0.1, -0.05) is 30.3 Å². The lowest BCUT2D eigenvalue weighted by atomic mass is 10.0. The van der Waals surface area contributed by atoms with E-state index in [0.29, 0.717) is 23.3 Å². The maximum atomic E-state index is 12.5. The van der Waals surface area contributed by atoms with Crippen LogP contribution >= 0.6 is 0 Å². The van der Waals surface area contributed by atoms with Crippen LogP contribution in [-0.2, 0) is 6.54 Å². The number of hydrogen-bond acceptors (Lipinski definition) is 3. The molecule has 0 atom stereocenters. The highest BCUT2D eigenvalue weighted by atomic mass is 16.4. The molecule has 0 bridgehead atoms. The molecule has 0 saturated heterocycles. The molecule has 2 aromatic heterocycles. The van der Waals surface area contributed by atoms with E-state index in [0.717, 1.165) is 22.1 Å². The van der Waals surface area contributed by atoms with Crippen LogP contribution in [0.25, 0.3) is 11.0 Å². The van der Waals surface area contributed by atoms with Crippen molar-refractivity contribution in [2.24, 2.45) is 0 Å². The Bertz CT molecular complexity index is 1220. The number of rotatable bonds is 4. The molecule has 0 aliphatic rings. The Morgan fingerprint density at radius 3 is 2.25 bits per heavy atom. The van der Waals surface area contributed by atoms with Gasteiger partial charge in [0, 0.05) is 40.3 Å². The van der Waals surface area contributed by atoms with Crippen LogP contribution in [0.5, 0.6) is 0 Å². The van der Waals surface area contributed by atoms with Crippen LogP contribution in [0.15, 0.2) is 82.3 Å². The van der Waals surface area contributed by atoms with Crippen LogP contribution in [0.1, 0.15) is 32.6 Å². The molecule has 4 aromatic rings. The summed E-state index contributed by atoms with van der Waals surface area (Å²) >= 11 is 0. The average Bonchev–Trinajstić information content (AvgIpc) is 2.70. The number of carbonyl (C=O) groups excluding carboxylic acids is 1. The highest BCUT2D eigenvalue weighted by Crippen LogP contribution is 2.21. The third kappa shape index (κ3) is 3.49. The standard InChI is InChI=1S/C24H20NO3/c1-16-12-21-20(14-23(26)28-22(21)13-17(16)2)15-25-10-8-19(9-11-25)24(27)18-6-4-3-5-7-18/h3-14H,15H2,1-2H3/q+1. The van der Waals surface area contributed by atoms with Crippen LogP contribution < -0.4 is 10.2 Å². The predicted molar refractivity (Wildman–Crippen MR) is 108 cm³/mol. The van der Waals surface area contributed by atoms with Gasteiger partial charge in [0.25, 0.3) is 0 Å². The lowest BCUT2D eigenvalue weighted by Crippen LogP contribution is -2.34. The Morgan fingerprint density at radius 2 is 1.54 bits per heavy atom. The molecule has 0 spiro atoms. The minimum Gasteiger partial charge on any atom is -0.423 e. The van der Waals surface area contributed by atoms with Gasteiger partial charge in [0.2, 0.25) is 0 Å². The second-order valence-electron chi connectivity index (χ2n) is 6.98. The molecule has 0 fully saturated rings. The van der Waals surface area contributed by atoms with Crippen LogP contribution in [0, 0.1) is 13.8 Å². The largest absolute Gasteiger partial charge is 0.423 e. The smallest absolute Gasteiger partial charge is 0.336 e. The van der Waals surface area contributed by atoms with Crippen LogP contribution in [0.2, 0.25) is 0 Å². The van der Waals surface area contributed by atoms with Crippen molar-refractivity contribution in [3.8, 4) is 0 Å². The number of fused-ring (bicyclic) bond motifs is 1. The van der Waals surface area contributed by atoms with Crippen molar-refractivity contribution in [2.75, 3.05) is 0 Å². The minimum atomic E-state index is -0.359. The Kier molecular flexibility index (Phi) is 4.62. The van der Waals surface area contributed by atoms with Gasteiger partial charge in [-0.05, 0) is 37.1 Å². The van der Waals surface area contributed by atoms with Crippen LogP contribution in [0.3, 0.4) is 0 Å². The summed E-state index contributed by atoms with van der Waals surface area (Å²) < 4.78 is 7.32. The zero-order valence-electron chi connectivity index (χ0n) is 15.8. The number of nitrogens with zero attached hydrogens (tertiary/aromatic N) is 1. The van der Waals surface area contributed by atoms with E-state index in [2.05, 4.69) is 6.07 Å². The van der Waals surface area contributed by atoms with Gasteiger partial charge in [-0.15, -0.1) is 0 Å². The monoisotopic (exact) mass is 370 g/mol. The van der Waals surface area contributed by atoms with E-state index >= 15 is 0 Å². The number of aromatic nitrogens is 1. The Balaban J connectivity index is 1.66. The molecular weight excluding hydrogens is 350 g/mol. The van der Waals surface area contributed by atoms with Gasteiger partial charge in [0.1, 0.15) is 5.58 Å². The molecule has 0 unspecified atom stereocenters. The first-order valence-corrected chi connectivity index (χ1v) is 9.14. The Labute approximate surface area is 162 Å². The fourth-order valence-corrected chi connectivity index (χ4v) is 3.28. The normalized spacial score (nSPS) is 10.9. The van der Waals surface area contributed by atoms with Crippen molar-refractivity contribution in [1.82, 2.24) is 0 Å². The SMILES string of the molecule is Cc1cc2oc(=O)cc(C[n+]3ccc(C(=O)c4ccccc4)cc3)c2cc1C. The van der Waals surface area contributed by atoms with Gasteiger partial charge in [-0.3, -0.25) is 4.79 Å². The van der Waals surface area contributed by atoms with E-state index in [1.165, 1.54) is 6.07 Å². The molecule has 4 rings (SSSR count). The lowest BCUT2D eigenvalue weighted by molar-refractivity contribution is -0.688. The first kappa shape index (κ1) is 17.9. The molecule has 2 aromatic carbocycles. The van der Waals surface area contributed by atoms with Gasteiger partial charge in [0.15, 0.2) is 24.7 Å². The molecule has 0 saturated carbocycles. The predicted octanol–water partition coefficient (Wildman–Crippen LogP) is 3.98. The summed E-state index contributed by atoms with van der Waals surface area (Å²) in [6, 6.07) is 18.3. The molecule has 28 heavy (non-hydrogen) atoms. The molecule has 4 nitrogen and oxygen atoms in total. The van der Waals surface area contributed by atoms with Crippen LogP contribution in [-0.4, -0.2) is 5.78 Å². The fraction of sp³-hybridized carbons (Fsp3) is 0.125. The summed E-state index contributed by atoms with van der Waals surface area (Å²) in [7, 11) is 0. The van der Waals surface area contributed by atoms with E-state index < -0.39 is 0 Å². The molecule has 0 aliphatic carbocycles. The van der Waals surface area contributed by atoms with Gasteiger partial charge in [0.05, 0.1) is 0 Å². The highest BCUT2D eigenvalue weighted by molar-refractivity contribution is 6.08. The van der Waals surface area contributed by atoms with Crippen molar-refractivity contribution in [2.45, 2.75) is 20.4 Å². The Hall–Kier alpha value is -3.53. The lowest BCUT2D eigenvalue weighted by Gasteiger charge is -2.06. The maximum absolute atomic E-state index is 12.5. The zero-order chi connectivity index (χ0) is 19.7. The first-order valence-electron chi connectivity index (χ1n) is 9.14. The summed E-state index contributed by atoms with van der Waals surface area (Å²) in [5, 5.41) is 0.930. The number of carbonyl (C=O) groups is 1. The number of ketones is 1. The van der Waals surface area contributed by atoms with E-state index in [1.54, 1.807) is 12.1 Å². The van der Waals surface area contributed by atoms with E-state index in [1.807, 2.05) is 67.2 Å². The molecule has 138 valence electrons. The first-order chi connectivity index (χ1) is 13.5. The molecule has 0 aliphatic heterocycles. The van der Waals surface area contributed by atoms with Crippen molar-refractivity contribution in [3.05, 3.63) is 111 Å². The fourth-order valence-electron chi connectivity index (χ4n) is 3.28. The van der Waals surface area contributed by atoms with Crippen molar-refractivity contribution in [1.29, 1.82) is 0 Å². The van der Waals surface area contributed by atoms with Crippen molar-refractivity contribution in [3.63, 3.8) is 0 Å². The summed E-state index contributed by atoms with van der Waals surface area (Å²) in [6.45, 7) is 4.56. The number of benzene rings is 2. The molecule has 2 heterocycles. The molecule has 0 N–H and O–H groups in total. The van der Waals surface area contributed by atoms with Crippen molar-refractivity contribution >= 4 is 16.8 Å². The van der Waals surface area contributed by atoms with Crippen molar-refractivity contribution < 1.29 is 13.8 Å². The summed E-state index contributed by atoms with van der Waals surface area (Å²) in [5.41, 5.74) is 4.66. The summed E-state index contributed by atoms with van der Waals surface area (Å²) in [4.78, 5) is 24.5. The molecule has 4 heteroatoms. The molecule has 0 amide bonds. The van der Waals surface area contributed by atoms with E-state index in [9.17, 15) is 9.59 Å².